The van der Waals surface area contributed by atoms with E-state index < -0.39 is 4.92 Å². The summed E-state index contributed by atoms with van der Waals surface area (Å²) < 4.78 is 0. The van der Waals surface area contributed by atoms with E-state index >= 15 is 0 Å². The van der Waals surface area contributed by atoms with Gasteiger partial charge < -0.3 is 10.4 Å². The van der Waals surface area contributed by atoms with Crippen LogP contribution in [0.1, 0.15) is 12.0 Å². The topological polar surface area (TPSA) is 105 Å². The lowest BCUT2D eigenvalue weighted by Crippen LogP contribution is -2.12. The van der Waals surface area contributed by atoms with Crippen molar-refractivity contribution in [1.82, 2.24) is 4.98 Å². The van der Waals surface area contributed by atoms with E-state index in [1.54, 1.807) is 12.4 Å². The molecule has 1 aromatic carbocycles. The quantitative estimate of drug-likeness (QED) is 0.498. The number of aromatic hydroxyl groups is 1. The summed E-state index contributed by atoms with van der Waals surface area (Å²) in [6.45, 7) is 0. The Labute approximate surface area is 120 Å². The molecule has 2 rings (SSSR count). The molecule has 0 spiro atoms. The fourth-order valence-electron chi connectivity index (χ4n) is 1.76. The summed E-state index contributed by atoms with van der Waals surface area (Å²) in [6.07, 6.45) is 4.08. The van der Waals surface area contributed by atoms with Gasteiger partial charge in [0.25, 0.3) is 5.69 Å². The maximum atomic E-state index is 11.8. The van der Waals surface area contributed by atoms with Crippen molar-refractivity contribution in [2.45, 2.75) is 12.8 Å². The van der Waals surface area contributed by atoms with Gasteiger partial charge in [-0.25, -0.2) is 0 Å². The van der Waals surface area contributed by atoms with Crippen LogP contribution in [0.25, 0.3) is 0 Å². The predicted molar refractivity (Wildman–Crippen MR) is 75.9 cm³/mol. The first-order chi connectivity index (χ1) is 10.1. The van der Waals surface area contributed by atoms with Gasteiger partial charge in [0.15, 0.2) is 0 Å². The molecule has 1 aromatic heterocycles. The van der Waals surface area contributed by atoms with E-state index in [1.807, 2.05) is 12.1 Å². The first-order valence-corrected chi connectivity index (χ1v) is 6.22. The number of nitro groups is 1. The Morgan fingerprint density at radius 1 is 1.29 bits per heavy atom. The monoisotopic (exact) mass is 287 g/mol. The Balaban J connectivity index is 1.95. The molecule has 7 heteroatoms. The number of hydrogen-bond acceptors (Lipinski definition) is 5. The Hall–Kier alpha value is -2.96. The number of hydrogen-bond donors (Lipinski definition) is 2. The van der Waals surface area contributed by atoms with Crippen LogP contribution in [0.2, 0.25) is 0 Å². The van der Waals surface area contributed by atoms with Crippen LogP contribution in [-0.2, 0) is 11.2 Å². The number of aromatic nitrogens is 1. The van der Waals surface area contributed by atoms with Crippen LogP contribution >= 0.6 is 0 Å². The first kappa shape index (κ1) is 14.4. The zero-order chi connectivity index (χ0) is 15.2. The van der Waals surface area contributed by atoms with Crippen molar-refractivity contribution < 1.29 is 14.8 Å². The van der Waals surface area contributed by atoms with E-state index in [2.05, 4.69) is 10.3 Å². The molecule has 1 amide bonds. The molecular formula is C14H13N3O4. The van der Waals surface area contributed by atoms with E-state index in [-0.39, 0.29) is 29.5 Å². The van der Waals surface area contributed by atoms with Gasteiger partial charge in [-0.1, -0.05) is 0 Å². The number of carbonyl (C=O) groups is 1. The summed E-state index contributed by atoms with van der Waals surface area (Å²) in [5.74, 6) is -0.613. The molecule has 108 valence electrons. The summed E-state index contributed by atoms with van der Waals surface area (Å²) in [6, 6.07) is 7.15. The maximum absolute atomic E-state index is 11.8. The van der Waals surface area contributed by atoms with Crippen molar-refractivity contribution in [3.63, 3.8) is 0 Å². The lowest BCUT2D eigenvalue weighted by molar-refractivity contribution is -0.384. The van der Waals surface area contributed by atoms with Gasteiger partial charge >= 0.3 is 0 Å². The van der Waals surface area contributed by atoms with Gasteiger partial charge in [-0.3, -0.25) is 19.9 Å². The highest BCUT2D eigenvalue weighted by Crippen LogP contribution is 2.27. The largest absolute Gasteiger partial charge is 0.506 e. The van der Waals surface area contributed by atoms with Gasteiger partial charge in [-0.05, 0) is 30.2 Å². The van der Waals surface area contributed by atoms with Crippen LogP contribution in [0, 0.1) is 10.1 Å². The second-order valence-electron chi connectivity index (χ2n) is 4.36. The first-order valence-electron chi connectivity index (χ1n) is 6.22. The van der Waals surface area contributed by atoms with E-state index in [0.29, 0.717) is 6.42 Å². The number of nitrogens with one attached hydrogen (secondary N) is 1. The summed E-state index contributed by atoms with van der Waals surface area (Å²) in [4.78, 5) is 25.6. The van der Waals surface area contributed by atoms with Crippen molar-refractivity contribution in [1.29, 1.82) is 0 Å². The van der Waals surface area contributed by atoms with Crippen molar-refractivity contribution in [2.24, 2.45) is 0 Å². The van der Waals surface area contributed by atoms with Gasteiger partial charge in [0.1, 0.15) is 5.75 Å². The van der Waals surface area contributed by atoms with Crippen LogP contribution in [0.5, 0.6) is 5.75 Å². The average Bonchev–Trinajstić information content (AvgIpc) is 2.48. The molecule has 0 bridgehead atoms. The molecule has 1 heterocycles. The highest BCUT2D eigenvalue weighted by atomic mass is 16.6. The molecule has 0 aliphatic rings. The van der Waals surface area contributed by atoms with Crippen LogP contribution in [-0.4, -0.2) is 20.9 Å². The zero-order valence-corrected chi connectivity index (χ0v) is 11.0. The Morgan fingerprint density at radius 3 is 2.62 bits per heavy atom. The highest BCUT2D eigenvalue weighted by molar-refractivity contribution is 5.92. The molecule has 21 heavy (non-hydrogen) atoms. The second-order valence-corrected chi connectivity index (χ2v) is 4.36. The van der Waals surface area contributed by atoms with Crippen LogP contribution in [0.3, 0.4) is 0 Å². The van der Waals surface area contributed by atoms with Crippen LogP contribution < -0.4 is 5.32 Å². The number of nitro benzene ring substituents is 1. The molecule has 2 N–H and O–H groups in total. The number of anilines is 1. The van der Waals surface area contributed by atoms with Gasteiger partial charge in [-0.2, -0.15) is 0 Å². The fraction of sp³-hybridized carbons (Fsp3) is 0.143. The molecule has 0 saturated heterocycles. The summed E-state index contributed by atoms with van der Waals surface area (Å²) in [5.41, 5.74) is 0.899. The smallest absolute Gasteiger partial charge is 0.273 e. The predicted octanol–water partition coefficient (Wildman–Crippen LogP) is 2.27. The van der Waals surface area contributed by atoms with Crippen molar-refractivity contribution in [3.8, 4) is 5.75 Å². The Bertz CT molecular complexity index is 659. The molecule has 0 atom stereocenters. The van der Waals surface area contributed by atoms with Crippen molar-refractivity contribution in [2.75, 3.05) is 5.32 Å². The lowest BCUT2D eigenvalue weighted by Gasteiger charge is -2.07. The van der Waals surface area contributed by atoms with Crippen molar-refractivity contribution in [3.05, 3.63) is 58.4 Å². The number of nitrogens with zero attached hydrogens (tertiary/aromatic N) is 2. The maximum Gasteiger partial charge on any atom is 0.273 e. The van der Waals surface area contributed by atoms with Crippen LogP contribution in [0.4, 0.5) is 11.4 Å². The molecule has 2 aromatic rings. The molecule has 0 unspecified atom stereocenters. The number of benzene rings is 1. The number of pyridine rings is 1. The zero-order valence-electron chi connectivity index (χ0n) is 11.0. The number of phenolic OH excluding ortho intramolecular Hbond substituents is 1. The number of non-ortho nitro benzene ring substituents is 1. The van der Waals surface area contributed by atoms with Crippen molar-refractivity contribution >= 4 is 17.3 Å². The Morgan fingerprint density at radius 2 is 2.00 bits per heavy atom. The summed E-state index contributed by atoms with van der Waals surface area (Å²) >= 11 is 0. The number of rotatable bonds is 5. The Kier molecular flexibility index (Phi) is 4.45. The minimum absolute atomic E-state index is 0.153. The molecular weight excluding hydrogens is 274 g/mol. The number of phenols is 1. The second kappa shape index (κ2) is 6.47. The normalized spacial score (nSPS) is 10.1. The van der Waals surface area contributed by atoms with Gasteiger partial charge in [0.05, 0.1) is 16.7 Å². The number of aryl methyl sites for hydroxylation is 1. The minimum atomic E-state index is -0.616. The standard InChI is InChI=1S/C14H13N3O4/c18-13-9-11(17(20)21)2-3-12(13)16-14(19)4-1-10-5-7-15-8-6-10/h2-3,5-9,18H,1,4H2,(H,16,19). The molecule has 0 saturated carbocycles. The average molecular weight is 287 g/mol. The van der Waals surface area contributed by atoms with E-state index in [0.717, 1.165) is 11.6 Å². The molecule has 0 radical (unpaired) electrons. The number of carbonyl (C=O) groups excluding carboxylic acids is 1. The third-order valence-corrected chi connectivity index (χ3v) is 2.86. The van der Waals surface area contributed by atoms with Gasteiger partial charge in [0, 0.05) is 24.9 Å². The van der Waals surface area contributed by atoms with E-state index in [1.165, 1.54) is 12.1 Å². The summed E-state index contributed by atoms with van der Waals surface area (Å²) in [5, 5.41) is 22.7. The lowest BCUT2D eigenvalue weighted by atomic mass is 10.1. The van der Waals surface area contributed by atoms with Gasteiger partial charge in [0.2, 0.25) is 5.91 Å². The molecule has 7 nitrogen and oxygen atoms in total. The highest BCUT2D eigenvalue weighted by Gasteiger charge is 2.12. The molecule has 0 aliphatic carbocycles. The summed E-state index contributed by atoms with van der Waals surface area (Å²) in [7, 11) is 0. The third-order valence-electron chi connectivity index (χ3n) is 2.86. The van der Waals surface area contributed by atoms with Crippen LogP contribution in [0.15, 0.2) is 42.7 Å². The number of amides is 1. The SMILES string of the molecule is O=C(CCc1ccncc1)Nc1ccc([N+](=O)[O-])cc1O. The minimum Gasteiger partial charge on any atom is -0.506 e. The van der Waals surface area contributed by atoms with E-state index in [4.69, 9.17) is 0 Å². The molecule has 0 aliphatic heterocycles. The van der Waals surface area contributed by atoms with E-state index in [9.17, 15) is 20.0 Å². The fourth-order valence-corrected chi connectivity index (χ4v) is 1.76. The third kappa shape index (κ3) is 4.00. The molecule has 0 fully saturated rings. The van der Waals surface area contributed by atoms with Gasteiger partial charge in [-0.15, -0.1) is 0 Å².